The highest BCUT2D eigenvalue weighted by molar-refractivity contribution is 6.32. The maximum absolute atomic E-state index is 11.0. The Morgan fingerprint density at radius 3 is 2.81 bits per heavy atom. The zero-order chi connectivity index (χ0) is 12.0. The average molecular weight is 245 g/mol. The summed E-state index contributed by atoms with van der Waals surface area (Å²) in [6, 6.07) is 4.86. The molecule has 16 heavy (non-hydrogen) atoms. The van der Waals surface area contributed by atoms with E-state index in [1.54, 1.807) is 25.1 Å². The third kappa shape index (κ3) is 3.72. The lowest BCUT2D eigenvalue weighted by molar-refractivity contribution is -0.145. The van der Waals surface area contributed by atoms with Gasteiger partial charge >= 0.3 is 5.97 Å². The number of esters is 1. The second kappa shape index (κ2) is 6.35. The lowest BCUT2D eigenvalue weighted by atomic mass is 10.2. The van der Waals surface area contributed by atoms with Gasteiger partial charge in [-0.25, -0.2) is 4.79 Å². The summed E-state index contributed by atoms with van der Waals surface area (Å²) in [7, 11) is 0. The van der Waals surface area contributed by atoms with Crippen molar-refractivity contribution in [1.29, 1.82) is 0 Å². The molecule has 88 valence electrons. The van der Waals surface area contributed by atoms with Gasteiger partial charge in [0.25, 0.3) is 0 Å². The van der Waals surface area contributed by atoms with Crippen LogP contribution in [0.15, 0.2) is 18.2 Å². The average Bonchev–Trinajstić information content (AvgIpc) is 2.27. The summed E-state index contributed by atoms with van der Waals surface area (Å²) in [4.78, 5) is 11.0. The van der Waals surface area contributed by atoms with Gasteiger partial charge in [-0.05, 0) is 24.6 Å². The first-order valence-electron chi connectivity index (χ1n) is 4.85. The van der Waals surface area contributed by atoms with Crippen LogP contribution in [-0.4, -0.2) is 24.3 Å². The van der Waals surface area contributed by atoms with Crippen LogP contribution < -0.4 is 4.74 Å². The highest BCUT2D eigenvalue weighted by Crippen LogP contribution is 2.25. The van der Waals surface area contributed by atoms with Crippen LogP contribution in [0.5, 0.6) is 5.75 Å². The second-order valence-corrected chi connectivity index (χ2v) is 3.42. The van der Waals surface area contributed by atoms with Crippen molar-refractivity contribution in [1.82, 2.24) is 0 Å². The lowest BCUT2D eigenvalue weighted by Gasteiger charge is -2.08. The zero-order valence-corrected chi connectivity index (χ0v) is 9.66. The standard InChI is InChI=1S/C11H13ClO4/c1-2-15-11(14)7-16-10-4-3-8(6-13)5-9(10)12/h3-5,13H,2,6-7H2,1H3. The van der Waals surface area contributed by atoms with Crippen molar-refractivity contribution in [2.75, 3.05) is 13.2 Å². The van der Waals surface area contributed by atoms with Gasteiger partial charge in [0, 0.05) is 0 Å². The SMILES string of the molecule is CCOC(=O)COc1ccc(CO)cc1Cl. The van der Waals surface area contributed by atoms with E-state index in [2.05, 4.69) is 0 Å². The van der Waals surface area contributed by atoms with Gasteiger partial charge in [0.1, 0.15) is 5.75 Å². The van der Waals surface area contributed by atoms with Crippen LogP contribution in [0.2, 0.25) is 5.02 Å². The number of hydrogen-bond donors (Lipinski definition) is 1. The van der Waals surface area contributed by atoms with Crippen LogP contribution in [-0.2, 0) is 16.1 Å². The first kappa shape index (κ1) is 12.8. The lowest BCUT2D eigenvalue weighted by Crippen LogP contribution is -2.14. The Hall–Kier alpha value is -1.26. The fraction of sp³-hybridized carbons (Fsp3) is 0.364. The molecule has 0 aliphatic heterocycles. The Kier molecular flexibility index (Phi) is 5.08. The number of ether oxygens (including phenoxy) is 2. The molecule has 1 aromatic rings. The fourth-order valence-electron chi connectivity index (χ4n) is 1.10. The van der Waals surface area contributed by atoms with Crippen molar-refractivity contribution in [3.8, 4) is 5.75 Å². The number of halogens is 1. The number of carbonyl (C=O) groups excluding carboxylic acids is 1. The fourth-order valence-corrected chi connectivity index (χ4v) is 1.36. The molecule has 1 aromatic carbocycles. The predicted octanol–water partition coefficient (Wildman–Crippen LogP) is 1.77. The number of benzene rings is 1. The first-order valence-corrected chi connectivity index (χ1v) is 5.23. The van der Waals surface area contributed by atoms with E-state index in [-0.39, 0.29) is 13.2 Å². The quantitative estimate of drug-likeness (QED) is 0.802. The summed E-state index contributed by atoms with van der Waals surface area (Å²) in [6.07, 6.45) is 0. The van der Waals surface area contributed by atoms with Crippen molar-refractivity contribution in [3.63, 3.8) is 0 Å². The van der Waals surface area contributed by atoms with Crippen molar-refractivity contribution >= 4 is 17.6 Å². The molecule has 0 atom stereocenters. The van der Waals surface area contributed by atoms with Crippen LogP contribution >= 0.6 is 11.6 Å². The second-order valence-electron chi connectivity index (χ2n) is 3.02. The molecule has 0 radical (unpaired) electrons. The molecule has 0 aliphatic rings. The summed E-state index contributed by atoms with van der Waals surface area (Å²) in [5.74, 6) is -0.0447. The van der Waals surface area contributed by atoms with Crippen molar-refractivity contribution < 1.29 is 19.4 Å². The van der Waals surface area contributed by atoms with Crippen molar-refractivity contribution in [3.05, 3.63) is 28.8 Å². The van der Waals surface area contributed by atoms with E-state index in [9.17, 15) is 4.79 Å². The molecule has 1 N–H and O–H groups in total. The molecular weight excluding hydrogens is 232 g/mol. The molecule has 0 aliphatic carbocycles. The van der Waals surface area contributed by atoms with Gasteiger partial charge in [-0.15, -0.1) is 0 Å². The minimum Gasteiger partial charge on any atom is -0.480 e. The summed E-state index contributed by atoms with van der Waals surface area (Å²) < 4.78 is 9.86. The minimum absolute atomic E-state index is 0.0854. The van der Waals surface area contributed by atoms with Crippen LogP contribution in [0.25, 0.3) is 0 Å². The summed E-state index contributed by atoms with van der Waals surface area (Å²) in [5.41, 5.74) is 0.688. The topological polar surface area (TPSA) is 55.8 Å². The summed E-state index contributed by atoms with van der Waals surface area (Å²) >= 11 is 5.88. The van der Waals surface area contributed by atoms with Crippen LogP contribution in [0.1, 0.15) is 12.5 Å². The largest absolute Gasteiger partial charge is 0.480 e. The van der Waals surface area contributed by atoms with Gasteiger partial charge in [-0.1, -0.05) is 17.7 Å². The van der Waals surface area contributed by atoms with Crippen LogP contribution in [0.4, 0.5) is 0 Å². The monoisotopic (exact) mass is 244 g/mol. The molecule has 0 saturated carbocycles. The Balaban J connectivity index is 2.57. The van der Waals surface area contributed by atoms with Gasteiger partial charge in [0.2, 0.25) is 0 Å². The van der Waals surface area contributed by atoms with E-state index in [1.165, 1.54) is 0 Å². The molecule has 1 rings (SSSR count). The first-order chi connectivity index (χ1) is 7.67. The Bertz CT molecular complexity index is 365. The number of rotatable bonds is 5. The highest BCUT2D eigenvalue weighted by atomic mass is 35.5. The minimum atomic E-state index is -0.440. The third-order valence-corrected chi connectivity index (χ3v) is 2.13. The third-order valence-electron chi connectivity index (χ3n) is 1.83. The molecule has 0 heterocycles. The molecule has 0 fully saturated rings. The van der Waals surface area contributed by atoms with Gasteiger partial charge in [-0.3, -0.25) is 0 Å². The van der Waals surface area contributed by atoms with E-state index < -0.39 is 5.97 Å². The smallest absolute Gasteiger partial charge is 0.344 e. The van der Waals surface area contributed by atoms with E-state index in [1.807, 2.05) is 0 Å². The number of aliphatic hydroxyl groups is 1. The Labute approximate surface area is 98.7 Å². The highest BCUT2D eigenvalue weighted by Gasteiger charge is 2.06. The van der Waals surface area contributed by atoms with Crippen LogP contribution in [0, 0.1) is 0 Å². The molecule has 0 bridgehead atoms. The van der Waals surface area contributed by atoms with Gasteiger partial charge < -0.3 is 14.6 Å². The number of aliphatic hydroxyl groups excluding tert-OH is 1. The maximum atomic E-state index is 11.0. The molecule has 0 spiro atoms. The Morgan fingerprint density at radius 2 is 2.25 bits per heavy atom. The summed E-state index contributed by atoms with van der Waals surface area (Å²) in [6.45, 7) is 1.78. The van der Waals surface area contributed by atoms with E-state index in [4.69, 9.17) is 26.2 Å². The normalized spacial score (nSPS) is 9.94. The van der Waals surface area contributed by atoms with E-state index in [0.717, 1.165) is 0 Å². The Morgan fingerprint density at radius 1 is 1.50 bits per heavy atom. The number of hydrogen-bond acceptors (Lipinski definition) is 4. The molecule has 5 heteroatoms. The van der Waals surface area contributed by atoms with Crippen molar-refractivity contribution in [2.45, 2.75) is 13.5 Å². The molecular formula is C11H13ClO4. The van der Waals surface area contributed by atoms with Crippen LogP contribution in [0.3, 0.4) is 0 Å². The predicted molar refractivity (Wildman–Crippen MR) is 59.5 cm³/mol. The molecule has 0 unspecified atom stereocenters. The summed E-state index contributed by atoms with van der Waals surface area (Å²) in [5, 5.41) is 9.22. The molecule has 0 saturated heterocycles. The zero-order valence-electron chi connectivity index (χ0n) is 8.90. The maximum Gasteiger partial charge on any atom is 0.344 e. The molecule has 0 amide bonds. The van der Waals surface area contributed by atoms with Crippen molar-refractivity contribution in [2.24, 2.45) is 0 Å². The van der Waals surface area contributed by atoms with Gasteiger partial charge in [0.15, 0.2) is 6.61 Å². The van der Waals surface area contributed by atoms with E-state index >= 15 is 0 Å². The molecule has 4 nitrogen and oxygen atoms in total. The number of carbonyl (C=O) groups is 1. The van der Waals surface area contributed by atoms with Gasteiger partial charge in [0.05, 0.1) is 18.2 Å². The molecule has 0 aromatic heterocycles. The van der Waals surface area contributed by atoms with Gasteiger partial charge in [-0.2, -0.15) is 0 Å². The van der Waals surface area contributed by atoms with E-state index in [0.29, 0.717) is 22.9 Å².